The van der Waals surface area contributed by atoms with Crippen LogP contribution in [0.4, 0.5) is 0 Å². The molecule has 19 heavy (non-hydrogen) atoms. The lowest BCUT2D eigenvalue weighted by atomic mass is 10.2. The molecule has 1 aliphatic rings. The van der Waals surface area contributed by atoms with Crippen molar-refractivity contribution in [3.63, 3.8) is 0 Å². The van der Waals surface area contributed by atoms with E-state index in [9.17, 15) is 19.2 Å². The lowest BCUT2D eigenvalue weighted by Crippen LogP contribution is -2.50. The third-order valence-corrected chi connectivity index (χ3v) is 2.81. The first-order valence-corrected chi connectivity index (χ1v) is 5.75. The van der Waals surface area contributed by atoms with Crippen molar-refractivity contribution in [2.24, 2.45) is 0 Å². The number of nitrogens with one attached hydrogen (secondary N) is 2. The number of carbonyl (C=O) groups is 4. The van der Waals surface area contributed by atoms with Crippen LogP contribution in [0.1, 0.15) is 13.3 Å². The summed E-state index contributed by atoms with van der Waals surface area (Å²) in [7, 11) is 2.60. The van der Waals surface area contributed by atoms with Crippen molar-refractivity contribution >= 4 is 23.7 Å². The van der Waals surface area contributed by atoms with Gasteiger partial charge in [0.25, 0.3) is 0 Å². The summed E-state index contributed by atoms with van der Waals surface area (Å²) in [6.07, 6.45) is 0.0449. The second-order valence-corrected chi connectivity index (χ2v) is 4.23. The molecule has 2 N–H and O–H groups in total. The number of hydrogen-bond donors (Lipinski definition) is 2. The number of likely N-dealkylation sites (tertiary alicyclic amines) is 1. The van der Waals surface area contributed by atoms with E-state index in [1.165, 1.54) is 21.1 Å². The van der Waals surface area contributed by atoms with Gasteiger partial charge in [-0.2, -0.15) is 0 Å². The minimum Gasteiger partial charge on any atom is -0.467 e. The van der Waals surface area contributed by atoms with Gasteiger partial charge in [0.2, 0.25) is 17.7 Å². The number of amides is 3. The predicted octanol–water partition coefficient (Wildman–Crippen LogP) is -1.99. The van der Waals surface area contributed by atoms with Crippen molar-refractivity contribution in [3.05, 3.63) is 0 Å². The van der Waals surface area contributed by atoms with Crippen LogP contribution in [0.5, 0.6) is 0 Å². The summed E-state index contributed by atoms with van der Waals surface area (Å²) in [6, 6.07) is -1.56. The van der Waals surface area contributed by atoms with Crippen LogP contribution in [0.3, 0.4) is 0 Å². The molecular formula is C11H17N3O5. The van der Waals surface area contributed by atoms with E-state index in [0.717, 1.165) is 4.90 Å². The summed E-state index contributed by atoms with van der Waals surface area (Å²) in [4.78, 5) is 46.4. The molecular weight excluding hydrogens is 254 g/mol. The predicted molar refractivity (Wildman–Crippen MR) is 63.8 cm³/mol. The molecule has 8 heteroatoms. The molecule has 8 nitrogen and oxygen atoms in total. The second kappa shape index (κ2) is 6.28. The summed E-state index contributed by atoms with van der Waals surface area (Å²) in [5.41, 5.74) is 0. The van der Waals surface area contributed by atoms with Crippen molar-refractivity contribution < 1.29 is 23.9 Å². The van der Waals surface area contributed by atoms with Gasteiger partial charge < -0.3 is 15.4 Å². The number of esters is 1. The smallest absolute Gasteiger partial charge is 0.329 e. The molecule has 1 rings (SSSR count). The molecule has 0 aromatic carbocycles. The first-order valence-electron chi connectivity index (χ1n) is 5.75. The topological polar surface area (TPSA) is 105 Å². The number of carbonyl (C=O) groups excluding carboxylic acids is 4. The fourth-order valence-electron chi connectivity index (χ4n) is 1.76. The molecule has 2 atom stereocenters. The Balaban J connectivity index is 2.57. The fraction of sp³-hybridized carbons (Fsp3) is 0.636. The van der Waals surface area contributed by atoms with E-state index in [1.54, 1.807) is 0 Å². The quantitative estimate of drug-likeness (QED) is 0.443. The molecule has 0 aromatic heterocycles. The number of hydrogen-bond acceptors (Lipinski definition) is 6. The Morgan fingerprint density at radius 2 is 2.11 bits per heavy atom. The van der Waals surface area contributed by atoms with E-state index >= 15 is 0 Å². The van der Waals surface area contributed by atoms with Crippen molar-refractivity contribution in [1.82, 2.24) is 15.5 Å². The normalized spacial score (nSPS) is 20.4. The maximum atomic E-state index is 11.6. The Labute approximate surface area is 110 Å². The molecule has 0 aromatic rings. The summed E-state index contributed by atoms with van der Waals surface area (Å²) in [5, 5.41) is 5.19. The Bertz CT molecular complexity index is 409. The number of nitrogens with zero attached hydrogens (tertiary/aromatic N) is 1. The lowest BCUT2D eigenvalue weighted by Gasteiger charge is -2.18. The molecule has 0 aliphatic carbocycles. The number of rotatable bonds is 5. The van der Waals surface area contributed by atoms with Gasteiger partial charge in [0.05, 0.1) is 19.6 Å². The van der Waals surface area contributed by atoms with Crippen LogP contribution in [0.25, 0.3) is 0 Å². The Morgan fingerprint density at radius 3 is 2.53 bits per heavy atom. The van der Waals surface area contributed by atoms with Crippen LogP contribution in [-0.4, -0.2) is 61.4 Å². The molecule has 0 saturated carbocycles. The van der Waals surface area contributed by atoms with E-state index in [0.29, 0.717) is 0 Å². The van der Waals surface area contributed by atoms with Crippen molar-refractivity contribution in [2.45, 2.75) is 25.4 Å². The van der Waals surface area contributed by atoms with E-state index < -0.39 is 18.1 Å². The summed E-state index contributed by atoms with van der Waals surface area (Å²) in [5.74, 6) is -1.64. The molecule has 3 amide bonds. The van der Waals surface area contributed by atoms with Crippen LogP contribution >= 0.6 is 0 Å². The van der Waals surface area contributed by atoms with Crippen molar-refractivity contribution in [3.8, 4) is 0 Å². The highest BCUT2D eigenvalue weighted by atomic mass is 16.5. The average molecular weight is 271 g/mol. The fourth-order valence-corrected chi connectivity index (χ4v) is 1.76. The highest BCUT2D eigenvalue weighted by Gasteiger charge is 2.36. The third kappa shape index (κ3) is 3.75. The number of ether oxygens (including phenoxy) is 1. The average Bonchev–Trinajstić information content (AvgIpc) is 2.60. The second-order valence-electron chi connectivity index (χ2n) is 4.23. The van der Waals surface area contributed by atoms with Crippen LogP contribution < -0.4 is 10.6 Å². The zero-order valence-electron chi connectivity index (χ0n) is 11.1. The number of imide groups is 1. The highest BCUT2D eigenvalue weighted by Crippen LogP contribution is 2.10. The van der Waals surface area contributed by atoms with Gasteiger partial charge in [0.1, 0.15) is 6.04 Å². The molecule has 0 radical (unpaired) electrons. The van der Waals surface area contributed by atoms with Gasteiger partial charge in [-0.1, -0.05) is 0 Å². The van der Waals surface area contributed by atoms with Gasteiger partial charge in [0, 0.05) is 20.5 Å². The van der Waals surface area contributed by atoms with Crippen LogP contribution in [0.2, 0.25) is 0 Å². The first-order chi connectivity index (χ1) is 8.86. The molecule has 106 valence electrons. The van der Waals surface area contributed by atoms with E-state index in [2.05, 4.69) is 15.4 Å². The van der Waals surface area contributed by atoms with E-state index in [4.69, 9.17) is 0 Å². The Hall–Kier alpha value is -1.96. The molecule has 1 heterocycles. The van der Waals surface area contributed by atoms with Gasteiger partial charge in [-0.05, 0) is 0 Å². The van der Waals surface area contributed by atoms with Crippen LogP contribution in [0.15, 0.2) is 0 Å². The minimum atomic E-state index is -0.892. The zero-order chi connectivity index (χ0) is 14.6. The van der Waals surface area contributed by atoms with Gasteiger partial charge in [-0.3, -0.25) is 19.3 Å². The molecule has 1 fully saturated rings. The largest absolute Gasteiger partial charge is 0.467 e. The van der Waals surface area contributed by atoms with Crippen molar-refractivity contribution in [2.75, 3.05) is 20.7 Å². The summed E-state index contributed by atoms with van der Waals surface area (Å²) in [6.45, 7) is 1.29. The molecule has 1 aliphatic heterocycles. The maximum Gasteiger partial charge on any atom is 0.329 e. The van der Waals surface area contributed by atoms with Gasteiger partial charge >= 0.3 is 5.97 Å². The first kappa shape index (κ1) is 15.1. The maximum absolute atomic E-state index is 11.6. The standard InChI is InChI=1S/C11H17N3O5/c1-6(15)13-8(11(18)19-3)5-12-7-4-9(16)14(2)10(7)17/h7-8,12H,4-5H2,1-3H3,(H,13,15). The molecule has 0 bridgehead atoms. The van der Waals surface area contributed by atoms with E-state index in [-0.39, 0.29) is 30.7 Å². The summed E-state index contributed by atoms with van der Waals surface area (Å²) < 4.78 is 4.54. The lowest BCUT2D eigenvalue weighted by molar-refractivity contribution is -0.145. The van der Waals surface area contributed by atoms with Crippen molar-refractivity contribution in [1.29, 1.82) is 0 Å². The molecule has 1 saturated heterocycles. The number of methoxy groups -OCH3 is 1. The number of likely N-dealkylation sites (N-methyl/N-ethyl adjacent to an activating group) is 1. The van der Waals surface area contributed by atoms with Gasteiger partial charge in [-0.15, -0.1) is 0 Å². The van der Waals surface area contributed by atoms with Crippen LogP contribution in [-0.2, 0) is 23.9 Å². The third-order valence-electron chi connectivity index (χ3n) is 2.81. The molecule has 2 unspecified atom stereocenters. The monoisotopic (exact) mass is 271 g/mol. The van der Waals surface area contributed by atoms with Gasteiger partial charge in [0.15, 0.2) is 0 Å². The van der Waals surface area contributed by atoms with E-state index in [1.807, 2.05) is 0 Å². The molecule has 0 spiro atoms. The SMILES string of the molecule is COC(=O)C(CNC1CC(=O)N(C)C1=O)NC(C)=O. The zero-order valence-corrected chi connectivity index (χ0v) is 11.1. The Kier molecular flexibility index (Phi) is 4.99. The highest BCUT2D eigenvalue weighted by molar-refractivity contribution is 6.05. The Morgan fingerprint density at radius 1 is 1.47 bits per heavy atom. The van der Waals surface area contributed by atoms with Crippen LogP contribution in [0, 0.1) is 0 Å². The summed E-state index contributed by atoms with van der Waals surface area (Å²) >= 11 is 0. The minimum absolute atomic E-state index is 0.0176. The van der Waals surface area contributed by atoms with Gasteiger partial charge in [-0.25, -0.2) is 4.79 Å².